The molecule has 0 spiro atoms. The van der Waals surface area contributed by atoms with Crippen LogP contribution >= 0.6 is 0 Å². The Kier molecular flexibility index (Phi) is 4.53. The number of nitrogens with two attached hydrogens (primary N) is 1. The van der Waals surface area contributed by atoms with Gasteiger partial charge < -0.3 is 9.64 Å². The maximum Gasteiger partial charge on any atom is 0.254 e. The summed E-state index contributed by atoms with van der Waals surface area (Å²) in [4.78, 5) is 14.2. The largest absolute Gasteiger partial charge is 0.495 e. The predicted molar refractivity (Wildman–Crippen MR) is 78.7 cm³/mol. The van der Waals surface area contributed by atoms with Gasteiger partial charge in [-0.25, -0.2) is 13.6 Å². The lowest BCUT2D eigenvalue weighted by atomic mass is 10.1. The quantitative estimate of drug-likeness (QED) is 0.909. The molecule has 6 nitrogen and oxygen atoms in total. The molecule has 0 radical (unpaired) electrons. The molecule has 116 valence electrons. The Bertz CT molecular complexity index is 642. The Labute approximate surface area is 124 Å². The zero-order valence-electron chi connectivity index (χ0n) is 12.2. The Hall–Kier alpha value is -1.60. The van der Waals surface area contributed by atoms with E-state index in [2.05, 4.69) is 0 Å². The molecular formula is C14H20N2O4S. The van der Waals surface area contributed by atoms with E-state index in [0.717, 1.165) is 19.3 Å². The zero-order valence-corrected chi connectivity index (χ0v) is 13.0. The Morgan fingerprint density at radius 1 is 1.48 bits per heavy atom. The fourth-order valence-electron chi connectivity index (χ4n) is 2.73. The lowest BCUT2D eigenvalue weighted by Gasteiger charge is -2.24. The summed E-state index contributed by atoms with van der Waals surface area (Å²) in [5.74, 6) is -0.0191. The van der Waals surface area contributed by atoms with Gasteiger partial charge in [-0.05, 0) is 37.5 Å². The molecule has 1 aliphatic rings. The average Bonchev–Trinajstić information content (AvgIpc) is 2.93. The van der Waals surface area contributed by atoms with Crippen LogP contribution in [0.4, 0.5) is 0 Å². The van der Waals surface area contributed by atoms with Gasteiger partial charge in [0.05, 0.1) is 7.11 Å². The molecule has 1 aliphatic heterocycles. The normalized spacial score (nSPS) is 18.8. The van der Waals surface area contributed by atoms with E-state index in [0.29, 0.717) is 12.1 Å². The molecular weight excluding hydrogens is 292 g/mol. The van der Waals surface area contributed by atoms with E-state index < -0.39 is 10.0 Å². The highest BCUT2D eigenvalue weighted by Crippen LogP contribution is 2.27. The first-order valence-corrected chi connectivity index (χ1v) is 8.45. The van der Waals surface area contributed by atoms with Crippen molar-refractivity contribution in [3.63, 3.8) is 0 Å². The molecule has 0 saturated carbocycles. The molecule has 2 N–H and O–H groups in total. The third-order valence-electron chi connectivity index (χ3n) is 3.83. The SMILES string of the molecule is CCC1CCCN1C(=O)c1ccc(OC)c(S(N)(=O)=O)c1. The van der Waals surface area contributed by atoms with Crippen LogP contribution in [0.2, 0.25) is 0 Å². The van der Waals surface area contributed by atoms with E-state index in [-0.39, 0.29) is 22.6 Å². The molecule has 0 bridgehead atoms. The van der Waals surface area contributed by atoms with E-state index in [1.165, 1.54) is 19.2 Å². The third-order valence-corrected chi connectivity index (χ3v) is 4.76. The number of carbonyl (C=O) groups excluding carboxylic acids is 1. The molecule has 1 atom stereocenters. The van der Waals surface area contributed by atoms with Crippen molar-refractivity contribution in [1.29, 1.82) is 0 Å². The first kappa shape index (κ1) is 15.8. The van der Waals surface area contributed by atoms with E-state index in [4.69, 9.17) is 9.88 Å². The molecule has 1 heterocycles. The molecule has 1 aromatic carbocycles. The van der Waals surface area contributed by atoms with Crippen LogP contribution < -0.4 is 9.88 Å². The van der Waals surface area contributed by atoms with Gasteiger partial charge >= 0.3 is 0 Å². The summed E-state index contributed by atoms with van der Waals surface area (Å²) >= 11 is 0. The van der Waals surface area contributed by atoms with Crippen LogP contribution in [0.5, 0.6) is 5.75 Å². The van der Waals surface area contributed by atoms with Crippen LogP contribution in [-0.2, 0) is 10.0 Å². The first-order valence-electron chi connectivity index (χ1n) is 6.90. The van der Waals surface area contributed by atoms with Crippen molar-refractivity contribution in [2.24, 2.45) is 5.14 Å². The highest BCUT2D eigenvalue weighted by molar-refractivity contribution is 7.89. The monoisotopic (exact) mass is 312 g/mol. The minimum Gasteiger partial charge on any atom is -0.495 e. The van der Waals surface area contributed by atoms with Gasteiger partial charge in [0.1, 0.15) is 10.6 Å². The van der Waals surface area contributed by atoms with Crippen LogP contribution in [-0.4, -0.2) is 38.9 Å². The van der Waals surface area contributed by atoms with Crippen LogP contribution in [0.25, 0.3) is 0 Å². The van der Waals surface area contributed by atoms with Crippen molar-refractivity contribution in [2.45, 2.75) is 37.1 Å². The van der Waals surface area contributed by atoms with Crippen molar-refractivity contribution in [3.8, 4) is 5.75 Å². The molecule has 1 unspecified atom stereocenters. The minimum absolute atomic E-state index is 0.141. The van der Waals surface area contributed by atoms with Crippen LogP contribution in [0.1, 0.15) is 36.5 Å². The maximum absolute atomic E-state index is 12.5. The van der Waals surface area contributed by atoms with Gasteiger partial charge in [0.15, 0.2) is 0 Å². The number of rotatable bonds is 4. The molecule has 1 amide bonds. The summed E-state index contributed by atoms with van der Waals surface area (Å²) < 4.78 is 28.2. The van der Waals surface area contributed by atoms with Crippen LogP contribution in [0.15, 0.2) is 23.1 Å². The van der Waals surface area contributed by atoms with Gasteiger partial charge in [0.2, 0.25) is 10.0 Å². The summed E-state index contributed by atoms with van der Waals surface area (Å²) in [6.07, 6.45) is 2.85. The number of amides is 1. The lowest BCUT2D eigenvalue weighted by molar-refractivity contribution is 0.0733. The molecule has 7 heteroatoms. The second-order valence-electron chi connectivity index (χ2n) is 5.11. The first-order chi connectivity index (χ1) is 9.88. The van der Waals surface area contributed by atoms with Crippen LogP contribution in [0.3, 0.4) is 0 Å². The highest BCUT2D eigenvalue weighted by atomic mass is 32.2. The standard InChI is InChI=1S/C14H20N2O4S/c1-3-11-5-4-8-16(11)14(17)10-6-7-12(20-2)13(9-10)21(15,18)19/h6-7,9,11H,3-5,8H2,1-2H3,(H2,15,18,19). The van der Waals surface area contributed by atoms with Gasteiger partial charge in [-0.15, -0.1) is 0 Å². The number of carbonyl (C=O) groups is 1. The summed E-state index contributed by atoms with van der Waals surface area (Å²) in [7, 11) is -2.58. The summed E-state index contributed by atoms with van der Waals surface area (Å²) in [5.41, 5.74) is 0.320. The minimum atomic E-state index is -3.94. The summed E-state index contributed by atoms with van der Waals surface area (Å²) in [6, 6.07) is 4.55. The third kappa shape index (κ3) is 3.19. The number of primary sulfonamides is 1. The number of sulfonamides is 1. The van der Waals surface area contributed by atoms with Gasteiger partial charge in [-0.1, -0.05) is 6.92 Å². The number of nitrogens with zero attached hydrogens (tertiary/aromatic N) is 1. The number of hydrogen-bond acceptors (Lipinski definition) is 4. The van der Waals surface area contributed by atoms with Gasteiger partial charge in [-0.3, -0.25) is 4.79 Å². The molecule has 1 saturated heterocycles. The van der Waals surface area contributed by atoms with Crippen molar-refractivity contribution in [1.82, 2.24) is 4.90 Å². The van der Waals surface area contributed by atoms with Crippen molar-refractivity contribution < 1.29 is 17.9 Å². The van der Waals surface area contributed by atoms with Crippen molar-refractivity contribution >= 4 is 15.9 Å². The summed E-state index contributed by atoms with van der Waals surface area (Å²) in [6.45, 7) is 2.74. The highest BCUT2D eigenvalue weighted by Gasteiger charge is 2.29. The Balaban J connectivity index is 2.39. The molecule has 1 aromatic rings. The smallest absolute Gasteiger partial charge is 0.254 e. The zero-order chi connectivity index (χ0) is 15.6. The van der Waals surface area contributed by atoms with Gasteiger partial charge in [-0.2, -0.15) is 0 Å². The van der Waals surface area contributed by atoms with Gasteiger partial charge in [0, 0.05) is 18.2 Å². The Morgan fingerprint density at radius 2 is 2.19 bits per heavy atom. The van der Waals surface area contributed by atoms with Gasteiger partial charge in [0.25, 0.3) is 5.91 Å². The fraction of sp³-hybridized carbons (Fsp3) is 0.500. The van der Waals surface area contributed by atoms with E-state index >= 15 is 0 Å². The van der Waals surface area contributed by atoms with Crippen molar-refractivity contribution in [3.05, 3.63) is 23.8 Å². The number of hydrogen-bond donors (Lipinski definition) is 1. The Morgan fingerprint density at radius 3 is 2.76 bits per heavy atom. The van der Waals surface area contributed by atoms with E-state index in [1.807, 2.05) is 6.92 Å². The van der Waals surface area contributed by atoms with E-state index in [9.17, 15) is 13.2 Å². The molecule has 1 fully saturated rings. The van der Waals surface area contributed by atoms with Crippen molar-refractivity contribution in [2.75, 3.05) is 13.7 Å². The average molecular weight is 312 g/mol. The number of methoxy groups -OCH3 is 1. The lowest BCUT2D eigenvalue weighted by Crippen LogP contribution is -2.35. The van der Waals surface area contributed by atoms with E-state index in [1.54, 1.807) is 11.0 Å². The number of benzene rings is 1. The molecule has 21 heavy (non-hydrogen) atoms. The summed E-state index contributed by atoms with van der Waals surface area (Å²) in [5, 5.41) is 5.18. The molecule has 2 rings (SSSR count). The fourth-order valence-corrected chi connectivity index (χ4v) is 3.45. The topological polar surface area (TPSA) is 89.7 Å². The predicted octanol–water partition coefficient (Wildman–Crippen LogP) is 1.36. The molecule has 0 aliphatic carbocycles. The second-order valence-corrected chi connectivity index (χ2v) is 6.64. The second kappa shape index (κ2) is 6.03. The van der Waals surface area contributed by atoms with Crippen LogP contribution in [0, 0.1) is 0 Å². The number of likely N-dealkylation sites (tertiary alicyclic amines) is 1. The molecule has 0 aromatic heterocycles. The maximum atomic E-state index is 12.5. The number of ether oxygens (including phenoxy) is 1.